The molecule has 1 aliphatic rings. The molecule has 0 aliphatic carbocycles. The van der Waals surface area contributed by atoms with Gasteiger partial charge in [0.2, 0.25) is 5.91 Å². The number of amides is 1. The second-order valence-electron chi connectivity index (χ2n) is 7.15. The molecule has 8 heteroatoms. The van der Waals surface area contributed by atoms with Crippen LogP contribution in [0.4, 0.5) is 0 Å². The lowest BCUT2D eigenvalue weighted by atomic mass is 10.2. The summed E-state index contributed by atoms with van der Waals surface area (Å²) in [5.41, 5.74) is 0.419. The van der Waals surface area contributed by atoms with E-state index in [1.165, 1.54) is 11.8 Å². The molecule has 2 atom stereocenters. The minimum absolute atomic E-state index is 0.00185. The summed E-state index contributed by atoms with van der Waals surface area (Å²) in [7, 11) is 0. The number of hydrogen-bond donors (Lipinski definition) is 1. The number of fused-ring (bicyclic) bond motifs is 1. The van der Waals surface area contributed by atoms with Gasteiger partial charge in [-0.15, -0.1) is 0 Å². The number of carbonyl (C=O) groups is 1. The maximum Gasteiger partial charge on any atom is 0.262 e. The normalized spacial score (nSPS) is 17.8. The molecule has 6 nitrogen and oxygen atoms in total. The molecule has 0 radical (unpaired) electrons. The SMILES string of the molecule is CCC[C@H](C)NC(=O)CSc1nc2cc(Cl)ccc2c(=O)n1C[C@H]1CCCO1. The van der Waals surface area contributed by atoms with Gasteiger partial charge in [0.05, 0.1) is 29.3 Å². The van der Waals surface area contributed by atoms with Crippen LogP contribution in [0.5, 0.6) is 0 Å². The van der Waals surface area contributed by atoms with E-state index >= 15 is 0 Å². The van der Waals surface area contributed by atoms with Crippen molar-refractivity contribution in [3.05, 3.63) is 33.6 Å². The Hall–Kier alpha value is -1.57. The van der Waals surface area contributed by atoms with Gasteiger partial charge in [-0.3, -0.25) is 14.2 Å². The summed E-state index contributed by atoms with van der Waals surface area (Å²) >= 11 is 7.35. The Bertz CT molecular complexity index is 896. The van der Waals surface area contributed by atoms with E-state index in [1.807, 2.05) is 6.92 Å². The molecule has 2 aromatic rings. The first-order chi connectivity index (χ1) is 13.5. The van der Waals surface area contributed by atoms with Gasteiger partial charge in [0.15, 0.2) is 5.16 Å². The molecule has 1 saturated heterocycles. The van der Waals surface area contributed by atoms with Crippen LogP contribution in [0, 0.1) is 0 Å². The lowest BCUT2D eigenvalue weighted by Crippen LogP contribution is -2.34. The molecule has 1 N–H and O–H groups in total. The topological polar surface area (TPSA) is 73.2 Å². The van der Waals surface area contributed by atoms with Gasteiger partial charge in [-0.2, -0.15) is 0 Å². The Labute approximate surface area is 174 Å². The van der Waals surface area contributed by atoms with Crippen molar-refractivity contribution >= 4 is 40.2 Å². The van der Waals surface area contributed by atoms with Crippen molar-refractivity contribution in [3.63, 3.8) is 0 Å². The van der Waals surface area contributed by atoms with Crippen LogP contribution in [0.2, 0.25) is 5.02 Å². The highest BCUT2D eigenvalue weighted by molar-refractivity contribution is 7.99. The Morgan fingerprint density at radius 2 is 2.32 bits per heavy atom. The third-order valence-electron chi connectivity index (χ3n) is 4.75. The lowest BCUT2D eigenvalue weighted by Gasteiger charge is -2.17. The number of nitrogens with one attached hydrogen (secondary N) is 1. The van der Waals surface area contributed by atoms with E-state index in [-0.39, 0.29) is 29.4 Å². The van der Waals surface area contributed by atoms with E-state index in [2.05, 4.69) is 17.2 Å². The highest BCUT2D eigenvalue weighted by Crippen LogP contribution is 2.22. The average molecular weight is 424 g/mol. The molecule has 28 heavy (non-hydrogen) atoms. The molecular formula is C20H26ClN3O3S. The number of hydrogen-bond acceptors (Lipinski definition) is 5. The molecular weight excluding hydrogens is 398 g/mol. The van der Waals surface area contributed by atoms with Crippen LogP contribution in [0.15, 0.2) is 28.2 Å². The summed E-state index contributed by atoms with van der Waals surface area (Å²) in [5.74, 6) is 0.146. The number of ether oxygens (including phenoxy) is 1. The zero-order chi connectivity index (χ0) is 20.1. The van der Waals surface area contributed by atoms with Crippen LogP contribution in [-0.2, 0) is 16.1 Å². The maximum atomic E-state index is 13.1. The fourth-order valence-electron chi connectivity index (χ4n) is 3.39. The molecule has 1 aromatic heterocycles. The van der Waals surface area contributed by atoms with Gasteiger partial charge in [-0.25, -0.2) is 4.98 Å². The van der Waals surface area contributed by atoms with Crippen LogP contribution in [0.1, 0.15) is 39.5 Å². The third kappa shape index (κ3) is 5.27. The first-order valence-electron chi connectivity index (χ1n) is 9.71. The molecule has 1 amide bonds. The van der Waals surface area contributed by atoms with Gasteiger partial charge in [-0.05, 0) is 44.4 Å². The van der Waals surface area contributed by atoms with Crippen molar-refractivity contribution in [1.82, 2.24) is 14.9 Å². The molecule has 0 unspecified atom stereocenters. The van der Waals surface area contributed by atoms with Gasteiger partial charge >= 0.3 is 0 Å². The quantitative estimate of drug-likeness (QED) is 0.518. The predicted octanol–water partition coefficient (Wildman–Crippen LogP) is 3.63. The molecule has 1 aromatic carbocycles. The minimum atomic E-state index is -0.126. The monoisotopic (exact) mass is 423 g/mol. The zero-order valence-corrected chi connectivity index (χ0v) is 17.8. The van der Waals surface area contributed by atoms with Crippen LogP contribution in [-0.4, -0.2) is 40.0 Å². The summed E-state index contributed by atoms with van der Waals surface area (Å²) in [4.78, 5) is 30.0. The van der Waals surface area contributed by atoms with Crippen molar-refractivity contribution in [3.8, 4) is 0 Å². The lowest BCUT2D eigenvalue weighted by molar-refractivity contribution is -0.119. The summed E-state index contributed by atoms with van der Waals surface area (Å²) < 4.78 is 7.34. The fraction of sp³-hybridized carbons (Fsp3) is 0.550. The number of aromatic nitrogens is 2. The number of halogens is 1. The second-order valence-corrected chi connectivity index (χ2v) is 8.53. The van der Waals surface area contributed by atoms with E-state index in [1.54, 1.807) is 22.8 Å². The van der Waals surface area contributed by atoms with E-state index < -0.39 is 0 Å². The van der Waals surface area contributed by atoms with Crippen molar-refractivity contribution < 1.29 is 9.53 Å². The Balaban J connectivity index is 1.85. The first kappa shape index (κ1) is 21.1. The van der Waals surface area contributed by atoms with Gasteiger partial charge < -0.3 is 10.1 Å². The second kappa shape index (κ2) is 9.76. The highest BCUT2D eigenvalue weighted by atomic mass is 35.5. The summed E-state index contributed by atoms with van der Waals surface area (Å²) in [5, 5.41) is 4.55. The van der Waals surface area contributed by atoms with Gasteiger partial charge in [0, 0.05) is 17.7 Å². The van der Waals surface area contributed by atoms with Crippen molar-refractivity contribution in [2.45, 2.75) is 63.4 Å². The smallest absolute Gasteiger partial charge is 0.262 e. The number of carbonyl (C=O) groups excluding carboxylic acids is 1. The summed E-state index contributed by atoms with van der Waals surface area (Å²) in [6, 6.07) is 5.21. The van der Waals surface area contributed by atoms with Gasteiger partial charge in [0.25, 0.3) is 5.56 Å². The average Bonchev–Trinajstić information content (AvgIpc) is 3.16. The van der Waals surface area contributed by atoms with Crippen molar-refractivity contribution in [1.29, 1.82) is 0 Å². The molecule has 2 heterocycles. The van der Waals surface area contributed by atoms with Gasteiger partial charge in [0.1, 0.15) is 0 Å². The minimum Gasteiger partial charge on any atom is -0.376 e. The highest BCUT2D eigenvalue weighted by Gasteiger charge is 2.21. The largest absolute Gasteiger partial charge is 0.376 e. The van der Waals surface area contributed by atoms with E-state index in [0.717, 1.165) is 32.3 Å². The van der Waals surface area contributed by atoms with E-state index in [4.69, 9.17) is 16.3 Å². The Kier molecular flexibility index (Phi) is 7.37. The Morgan fingerprint density at radius 3 is 3.04 bits per heavy atom. The molecule has 1 fully saturated rings. The zero-order valence-electron chi connectivity index (χ0n) is 16.2. The molecule has 0 spiro atoms. The first-order valence-corrected chi connectivity index (χ1v) is 11.1. The van der Waals surface area contributed by atoms with Crippen molar-refractivity contribution in [2.24, 2.45) is 0 Å². The Morgan fingerprint density at radius 1 is 1.50 bits per heavy atom. The fourth-order valence-corrected chi connectivity index (χ4v) is 4.37. The predicted molar refractivity (Wildman–Crippen MR) is 113 cm³/mol. The standard InChI is InChI=1S/C20H26ClN3O3S/c1-3-5-13(2)22-18(25)12-28-20-23-17-10-14(21)7-8-16(17)19(26)24(20)11-15-6-4-9-27-15/h7-8,10,13,15H,3-6,9,11-12H2,1-2H3,(H,22,25)/t13-,15+/m0/s1. The van der Waals surface area contributed by atoms with Crippen LogP contribution >= 0.6 is 23.4 Å². The maximum absolute atomic E-state index is 13.1. The summed E-state index contributed by atoms with van der Waals surface area (Å²) in [6.45, 7) is 5.25. The number of thioether (sulfide) groups is 1. The van der Waals surface area contributed by atoms with Crippen LogP contribution in [0.25, 0.3) is 10.9 Å². The molecule has 0 saturated carbocycles. The number of benzene rings is 1. The van der Waals surface area contributed by atoms with E-state index in [9.17, 15) is 9.59 Å². The number of nitrogens with zero attached hydrogens (tertiary/aromatic N) is 2. The van der Waals surface area contributed by atoms with Crippen LogP contribution < -0.4 is 10.9 Å². The molecule has 1 aliphatic heterocycles. The molecule has 0 bridgehead atoms. The van der Waals surface area contributed by atoms with Gasteiger partial charge in [-0.1, -0.05) is 36.7 Å². The third-order valence-corrected chi connectivity index (χ3v) is 5.97. The van der Waals surface area contributed by atoms with Crippen LogP contribution in [0.3, 0.4) is 0 Å². The van der Waals surface area contributed by atoms with E-state index in [0.29, 0.717) is 27.6 Å². The van der Waals surface area contributed by atoms with Crippen molar-refractivity contribution in [2.75, 3.05) is 12.4 Å². The molecule has 3 rings (SSSR count). The number of rotatable bonds is 8. The summed E-state index contributed by atoms with van der Waals surface area (Å²) in [6.07, 6.45) is 3.87. The molecule has 152 valence electrons.